The van der Waals surface area contributed by atoms with Gasteiger partial charge in [0.1, 0.15) is 0 Å². The fraction of sp³-hybridized carbons (Fsp3) is 0.263. The summed E-state index contributed by atoms with van der Waals surface area (Å²) in [5, 5.41) is 2.00. The molecule has 1 amide bonds. The molecule has 0 saturated heterocycles. The summed E-state index contributed by atoms with van der Waals surface area (Å²) in [4.78, 5) is 27.4. The second kappa shape index (κ2) is 8.56. The van der Waals surface area contributed by atoms with E-state index in [-0.39, 0.29) is 29.5 Å². The predicted octanol–water partition coefficient (Wildman–Crippen LogP) is 1.40. The number of hydrogen-bond acceptors (Lipinski definition) is 6. The third-order valence-electron chi connectivity index (χ3n) is 4.25. The quantitative estimate of drug-likeness (QED) is 0.566. The number of fused-ring (bicyclic) bond motifs is 1. The van der Waals surface area contributed by atoms with Crippen LogP contribution in [0, 0.1) is 12.3 Å². The van der Waals surface area contributed by atoms with E-state index < -0.39 is 16.0 Å². The molecule has 2 heterocycles. The highest BCUT2D eigenvalue weighted by Crippen LogP contribution is 2.24. The van der Waals surface area contributed by atoms with Crippen LogP contribution in [0.4, 0.5) is 0 Å². The number of carbonyl (C=O) groups is 2. The van der Waals surface area contributed by atoms with E-state index in [1.54, 1.807) is 16.2 Å². The van der Waals surface area contributed by atoms with Crippen molar-refractivity contribution in [2.24, 2.45) is 0 Å². The van der Waals surface area contributed by atoms with Gasteiger partial charge in [0.15, 0.2) is 6.61 Å². The van der Waals surface area contributed by atoms with E-state index in [2.05, 4.69) is 10.6 Å². The molecular formula is C19H18N2O5S2. The van der Waals surface area contributed by atoms with Crippen LogP contribution in [0.1, 0.15) is 20.8 Å². The molecule has 0 atom stereocenters. The first-order valence-corrected chi connectivity index (χ1v) is 10.8. The van der Waals surface area contributed by atoms with Crippen molar-refractivity contribution < 1.29 is 22.7 Å². The smallest absolute Gasteiger partial charge is 0.338 e. The minimum atomic E-state index is -3.73. The van der Waals surface area contributed by atoms with Gasteiger partial charge in [0.25, 0.3) is 5.91 Å². The fourth-order valence-corrected chi connectivity index (χ4v) is 4.58. The highest BCUT2D eigenvalue weighted by Gasteiger charge is 2.22. The Kier molecular flexibility index (Phi) is 6.14. The van der Waals surface area contributed by atoms with E-state index in [9.17, 15) is 18.0 Å². The summed E-state index contributed by atoms with van der Waals surface area (Å²) in [5.41, 5.74) is 1.29. The molecule has 0 bridgehead atoms. The van der Waals surface area contributed by atoms with E-state index in [1.165, 1.54) is 29.1 Å². The summed E-state index contributed by atoms with van der Waals surface area (Å²) >= 11 is 1.68. The van der Waals surface area contributed by atoms with Gasteiger partial charge in [0, 0.05) is 18.0 Å². The predicted molar refractivity (Wildman–Crippen MR) is 104 cm³/mol. The summed E-state index contributed by atoms with van der Waals surface area (Å²) < 4.78 is 31.2. The number of benzene rings is 1. The van der Waals surface area contributed by atoms with Gasteiger partial charge in [-0.1, -0.05) is 5.92 Å². The number of hydrogen-bond donors (Lipinski definition) is 1. The molecule has 7 nitrogen and oxygen atoms in total. The maximum atomic E-state index is 12.3. The lowest BCUT2D eigenvalue weighted by Crippen LogP contribution is -2.38. The molecule has 146 valence electrons. The number of amides is 1. The van der Waals surface area contributed by atoms with Crippen LogP contribution in [0.25, 0.3) is 0 Å². The Morgan fingerprint density at radius 3 is 2.71 bits per heavy atom. The van der Waals surface area contributed by atoms with Gasteiger partial charge in [-0.3, -0.25) is 4.79 Å². The molecule has 0 aliphatic carbocycles. The average Bonchev–Trinajstić information content (AvgIpc) is 3.18. The van der Waals surface area contributed by atoms with Crippen molar-refractivity contribution in [3.63, 3.8) is 0 Å². The van der Waals surface area contributed by atoms with Crippen LogP contribution in [0.5, 0.6) is 0 Å². The summed E-state index contributed by atoms with van der Waals surface area (Å²) in [6.45, 7) is 0.632. The van der Waals surface area contributed by atoms with Gasteiger partial charge >= 0.3 is 5.97 Å². The monoisotopic (exact) mass is 418 g/mol. The topological polar surface area (TPSA) is 92.8 Å². The third-order valence-corrected chi connectivity index (χ3v) is 6.69. The Balaban J connectivity index is 1.55. The zero-order chi connectivity index (χ0) is 20.1. The van der Waals surface area contributed by atoms with E-state index in [1.807, 2.05) is 11.4 Å². The van der Waals surface area contributed by atoms with E-state index >= 15 is 0 Å². The SMILES string of the molecule is C#CCNS(=O)(=O)c1ccc(C(=O)OCC(=O)N2CCc3sccc3C2)cc1. The molecule has 1 aliphatic heterocycles. The third kappa shape index (κ3) is 4.59. The van der Waals surface area contributed by atoms with Crippen molar-refractivity contribution in [2.45, 2.75) is 17.9 Å². The molecule has 2 aromatic rings. The second-order valence-electron chi connectivity index (χ2n) is 6.06. The molecule has 3 rings (SSSR count). The Labute approximate surface area is 167 Å². The number of terminal acetylenes is 1. The molecule has 9 heteroatoms. The maximum absolute atomic E-state index is 12.3. The molecule has 0 radical (unpaired) electrons. The number of thiophene rings is 1. The fourth-order valence-electron chi connectivity index (χ4n) is 2.75. The molecule has 1 N–H and O–H groups in total. The molecule has 0 fully saturated rings. The summed E-state index contributed by atoms with van der Waals surface area (Å²) in [5.74, 6) is 1.23. The first-order valence-electron chi connectivity index (χ1n) is 8.44. The zero-order valence-electron chi connectivity index (χ0n) is 14.9. The second-order valence-corrected chi connectivity index (χ2v) is 8.83. The van der Waals surface area contributed by atoms with Gasteiger partial charge in [0.2, 0.25) is 10.0 Å². The van der Waals surface area contributed by atoms with Gasteiger partial charge in [0.05, 0.1) is 17.0 Å². The molecule has 1 aromatic heterocycles. The summed E-state index contributed by atoms with van der Waals surface area (Å²) in [6, 6.07) is 7.21. The van der Waals surface area contributed by atoms with Crippen LogP contribution in [0.2, 0.25) is 0 Å². The van der Waals surface area contributed by atoms with Gasteiger partial charge in [-0.15, -0.1) is 17.8 Å². The lowest BCUT2D eigenvalue weighted by molar-refractivity contribution is -0.135. The van der Waals surface area contributed by atoms with Crippen LogP contribution in [-0.4, -0.2) is 44.9 Å². The molecule has 28 heavy (non-hydrogen) atoms. The molecule has 1 aliphatic rings. The normalized spacial score (nSPS) is 13.5. The van der Waals surface area contributed by atoms with Gasteiger partial charge in [-0.25, -0.2) is 13.2 Å². The minimum absolute atomic E-state index is 0.0183. The van der Waals surface area contributed by atoms with Crippen molar-refractivity contribution in [2.75, 3.05) is 19.7 Å². The Morgan fingerprint density at radius 1 is 1.25 bits per heavy atom. The van der Waals surface area contributed by atoms with E-state index in [4.69, 9.17) is 11.2 Å². The Morgan fingerprint density at radius 2 is 2.00 bits per heavy atom. The van der Waals surface area contributed by atoms with Crippen LogP contribution in [0.15, 0.2) is 40.6 Å². The Bertz CT molecular complexity index is 1020. The summed E-state index contributed by atoms with van der Waals surface area (Å²) in [7, 11) is -3.73. The first kappa shape index (κ1) is 20.1. The lowest BCUT2D eigenvalue weighted by atomic mass is 10.1. The van der Waals surface area contributed by atoms with Gasteiger partial charge in [-0.05, 0) is 47.7 Å². The maximum Gasteiger partial charge on any atom is 0.338 e. The largest absolute Gasteiger partial charge is 0.452 e. The zero-order valence-corrected chi connectivity index (χ0v) is 16.5. The van der Waals surface area contributed by atoms with Crippen LogP contribution in [-0.2, 0) is 32.5 Å². The van der Waals surface area contributed by atoms with Crippen molar-refractivity contribution in [3.8, 4) is 12.3 Å². The number of rotatable bonds is 6. The van der Waals surface area contributed by atoms with E-state index in [0.29, 0.717) is 13.1 Å². The standard InChI is InChI=1S/C19H18N2O5S2/c1-2-9-20-28(24,25)16-5-3-14(4-6-16)19(23)26-13-18(22)21-10-7-17-15(12-21)8-11-27-17/h1,3-6,8,11,20H,7,9-10,12-13H2. The summed E-state index contributed by atoms with van der Waals surface area (Å²) in [6.07, 6.45) is 5.84. The molecule has 1 aromatic carbocycles. The molecule has 0 unspecified atom stereocenters. The number of ether oxygens (including phenoxy) is 1. The van der Waals surface area contributed by atoms with Crippen molar-refractivity contribution in [3.05, 3.63) is 51.7 Å². The van der Waals surface area contributed by atoms with E-state index in [0.717, 1.165) is 12.0 Å². The minimum Gasteiger partial charge on any atom is -0.452 e. The van der Waals surface area contributed by atoms with Crippen LogP contribution >= 0.6 is 11.3 Å². The first-order chi connectivity index (χ1) is 13.4. The molecule has 0 spiro atoms. The lowest BCUT2D eigenvalue weighted by Gasteiger charge is -2.26. The number of nitrogens with zero attached hydrogens (tertiary/aromatic N) is 1. The van der Waals surface area contributed by atoms with Gasteiger partial charge < -0.3 is 9.64 Å². The highest BCUT2D eigenvalue weighted by molar-refractivity contribution is 7.89. The van der Waals surface area contributed by atoms with Crippen LogP contribution < -0.4 is 4.72 Å². The average molecular weight is 418 g/mol. The van der Waals surface area contributed by atoms with Crippen molar-refractivity contribution in [1.29, 1.82) is 0 Å². The number of sulfonamides is 1. The van der Waals surface area contributed by atoms with Gasteiger partial charge in [-0.2, -0.15) is 4.72 Å². The Hall–Kier alpha value is -2.67. The van der Waals surface area contributed by atoms with Crippen molar-refractivity contribution in [1.82, 2.24) is 9.62 Å². The van der Waals surface area contributed by atoms with Crippen LogP contribution in [0.3, 0.4) is 0 Å². The molecule has 0 saturated carbocycles. The van der Waals surface area contributed by atoms with Crippen molar-refractivity contribution >= 4 is 33.2 Å². The highest BCUT2D eigenvalue weighted by atomic mass is 32.2. The number of esters is 1. The number of nitrogens with one attached hydrogen (secondary N) is 1. The number of carbonyl (C=O) groups excluding carboxylic acids is 2. The molecular weight excluding hydrogens is 400 g/mol.